The molecule has 5 nitrogen and oxygen atoms in total. The topological polar surface area (TPSA) is 58.6 Å². The average molecular weight is 455 g/mol. The van der Waals surface area contributed by atoms with Crippen LogP contribution in [0.3, 0.4) is 0 Å². The summed E-state index contributed by atoms with van der Waals surface area (Å²) < 4.78 is 19.1. The van der Waals surface area contributed by atoms with E-state index in [4.69, 9.17) is 27.9 Å². The Kier molecular flexibility index (Phi) is 8.93. The van der Waals surface area contributed by atoms with E-state index in [0.29, 0.717) is 22.2 Å². The molecule has 0 aliphatic carbocycles. The molecule has 2 aromatic carbocycles. The minimum Gasteiger partial charge on any atom is -0.481 e. The van der Waals surface area contributed by atoms with Gasteiger partial charge < -0.3 is 15.0 Å². The van der Waals surface area contributed by atoms with Gasteiger partial charge in [0.25, 0.3) is 5.91 Å². The number of halogens is 3. The number of carbonyl (C=O) groups is 2. The van der Waals surface area contributed by atoms with Crippen LogP contribution in [0.1, 0.15) is 26.3 Å². The molecule has 0 aliphatic rings. The summed E-state index contributed by atoms with van der Waals surface area (Å²) in [4.78, 5) is 26.9. The minimum atomic E-state index is -0.785. The molecule has 2 amide bonds. The third kappa shape index (κ3) is 6.89. The Hall–Kier alpha value is -2.31. The smallest absolute Gasteiger partial charge is 0.261 e. The van der Waals surface area contributed by atoms with Gasteiger partial charge in [-0.1, -0.05) is 55.2 Å². The van der Waals surface area contributed by atoms with E-state index in [1.54, 1.807) is 31.2 Å². The molecule has 0 saturated carbocycles. The Bertz CT molecular complexity index is 892. The van der Waals surface area contributed by atoms with E-state index in [1.807, 2.05) is 13.8 Å². The summed E-state index contributed by atoms with van der Waals surface area (Å²) in [5, 5.41) is 3.67. The fourth-order valence-corrected chi connectivity index (χ4v) is 3.12. The monoisotopic (exact) mass is 454 g/mol. The number of para-hydroxylation sites is 1. The van der Waals surface area contributed by atoms with Crippen molar-refractivity contribution in [3.05, 3.63) is 63.9 Å². The molecule has 0 aliphatic heterocycles. The van der Waals surface area contributed by atoms with Crippen LogP contribution in [0.25, 0.3) is 0 Å². The van der Waals surface area contributed by atoms with Crippen molar-refractivity contribution in [1.29, 1.82) is 0 Å². The van der Waals surface area contributed by atoms with Crippen molar-refractivity contribution in [2.24, 2.45) is 5.92 Å². The first kappa shape index (κ1) is 24.0. The number of nitrogens with zero attached hydrogens (tertiary/aromatic N) is 1. The highest BCUT2D eigenvalue weighted by atomic mass is 35.5. The molecule has 2 aromatic rings. The van der Waals surface area contributed by atoms with Crippen LogP contribution in [0, 0.1) is 11.7 Å². The molecular weight excluding hydrogens is 430 g/mol. The molecule has 1 unspecified atom stereocenters. The third-order valence-corrected chi connectivity index (χ3v) is 4.98. The van der Waals surface area contributed by atoms with Gasteiger partial charge >= 0.3 is 0 Å². The molecule has 30 heavy (non-hydrogen) atoms. The fourth-order valence-electron chi connectivity index (χ4n) is 2.65. The number of benzene rings is 2. The second kappa shape index (κ2) is 11.2. The lowest BCUT2D eigenvalue weighted by molar-refractivity contribution is -0.142. The Morgan fingerprint density at radius 1 is 1.13 bits per heavy atom. The second-order valence-corrected chi connectivity index (χ2v) is 8.14. The number of nitrogens with one attached hydrogen (secondary N) is 1. The summed E-state index contributed by atoms with van der Waals surface area (Å²) in [5.41, 5.74) is 0.629. The molecule has 1 N–H and O–H groups in total. The lowest BCUT2D eigenvalue weighted by Gasteiger charge is -2.29. The number of amides is 2. The molecule has 8 heteroatoms. The van der Waals surface area contributed by atoms with Crippen molar-refractivity contribution < 1.29 is 18.7 Å². The maximum Gasteiger partial charge on any atom is 0.261 e. The molecule has 0 saturated heterocycles. The molecule has 0 spiro atoms. The molecular formula is C22H25Cl2FN2O3. The van der Waals surface area contributed by atoms with Crippen LogP contribution in [0.15, 0.2) is 42.5 Å². The molecule has 0 bridgehead atoms. The van der Waals surface area contributed by atoms with Crippen molar-refractivity contribution in [2.75, 3.05) is 13.2 Å². The first-order chi connectivity index (χ1) is 14.2. The van der Waals surface area contributed by atoms with Gasteiger partial charge in [-0.05, 0) is 42.7 Å². The molecule has 162 valence electrons. The van der Waals surface area contributed by atoms with E-state index >= 15 is 0 Å². The van der Waals surface area contributed by atoms with Crippen molar-refractivity contribution in [1.82, 2.24) is 10.2 Å². The Labute approximate surface area is 186 Å². The average Bonchev–Trinajstić information content (AvgIpc) is 2.70. The first-order valence-electron chi connectivity index (χ1n) is 9.57. The summed E-state index contributed by atoms with van der Waals surface area (Å²) in [6, 6.07) is 9.95. The normalized spacial score (nSPS) is 11.8. The Morgan fingerprint density at radius 3 is 2.47 bits per heavy atom. The van der Waals surface area contributed by atoms with Crippen molar-refractivity contribution >= 4 is 35.0 Å². The lowest BCUT2D eigenvalue weighted by Crippen LogP contribution is -2.49. The van der Waals surface area contributed by atoms with Gasteiger partial charge in [-0.15, -0.1) is 0 Å². The highest BCUT2D eigenvalue weighted by Gasteiger charge is 2.27. The lowest BCUT2D eigenvalue weighted by atomic mass is 10.1. The first-order valence-corrected chi connectivity index (χ1v) is 10.3. The largest absolute Gasteiger partial charge is 0.481 e. The molecule has 0 heterocycles. The SMILES string of the molecule is CC(C)CNC(=O)C(C)N(Cc1ccc(Cl)cc1Cl)C(=O)COc1ccccc1F. The van der Waals surface area contributed by atoms with Crippen molar-refractivity contribution in [3.63, 3.8) is 0 Å². The predicted molar refractivity (Wildman–Crippen MR) is 116 cm³/mol. The maximum absolute atomic E-state index is 13.8. The van der Waals surface area contributed by atoms with Gasteiger partial charge in [0.15, 0.2) is 18.2 Å². The van der Waals surface area contributed by atoms with Crippen LogP contribution in [0.5, 0.6) is 5.75 Å². The number of rotatable bonds is 9. The van der Waals surface area contributed by atoms with Gasteiger partial charge in [-0.2, -0.15) is 0 Å². The van der Waals surface area contributed by atoms with E-state index in [9.17, 15) is 14.0 Å². The Morgan fingerprint density at radius 2 is 1.83 bits per heavy atom. The third-order valence-electron chi connectivity index (χ3n) is 4.40. The van der Waals surface area contributed by atoms with Crippen LogP contribution < -0.4 is 10.1 Å². The standard InChI is InChI=1S/C22H25Cl2FN2O3/c1-14(2)11-26-22(29)15(3)27(12-16-8-9-17(23)10-18(16)24)21(28)13-30-20-7-5-4-6-19(20)25/h4-10,14-15H,11-13H2,1-3H3,(H,26,29). The van der Waals surface area contributed by atoms with Gasteiger partial charge in [0.1, 0.15) is 6.04 Å². The van der Waals surface area contributed by atoms with E-state index in [2.05, 4.69) is 5.32 Å². The van der Waals surface area contributed by atoms with Crippen LogP contribution >= 0.6 is 23.2 Å². The summed E-state index contributed by atoms with van der Waals surface area (Å²) in [5.74, 6) is -1.11. The molecule has 0 fully saturated rings. The molecule has 0 aromatic heterocycles. The zero-order valence-corrected chi connectivity index (χ0v) is 18.6. The zero-order chi connectivity index (χ0) is 22.3. The number of ether oxygens (including phenoxy) is 1. The quantitative estimate of drug-likeness (QED) is 0.597. The number of hydrogen-bond donors (Lipinski definition) is 1. The van der Waals surface area contributed by atoms with Crippen molar-refractivity contribution in [2.45, 2.75) is 33.4 Å². The summed E-state index contributed by atoms with van der Waals surface area (Å²) in [6.07, 6.45) is 0. The van der Waals surface area contributed by atoms with Crippen LogP contribution in [0.2, 0.25) is 10.0 Å². The summed E-state index contributed by atoms with van der Waals surface area (Å²) in [6.45, 7) is 5.71. The Balaban J connectivity index is 2.19. The minimum absolute atomic E-state index is 0.0350. The summed E-state index contributed by atoms with van der Waals surface area (Å²) >= 11 is 12.2. The van der Waals surface area contributed by atoms with E-state index < -0.39 is 24.4 Å². The highest BCUT2D eigenvalue weighted by Crippen LogP contribution is 2.23. The van der Waals surface area contributed by atoms with Crippen molar-refractivity contribution in [3.8, 4) is 5.75 Å². The maximum atomic E-state index is 13.8. The van der Waals surface area contributed by atoms with Gasteiger partial charge in [0, 0.05) is 23.1 Å². The number of hydrogen-bond acceptors (Lipinski definition) is 3. The van der Waals surface area contributed by atoms with Gasteiger partial charge in [0.05, 0.1) is 0 Å². The molecule has 2 rings (SSSR count). The van der Waals surface area contributed by atoms with Gasteiger partial charge in [-0.25, -0.2) is 4.39 Å². The van der Waals surface area contributed by atoms with Gasteiger partial charge in [-0.3, -0.25) is 9.59 Å². The predicted octanol–water partition coefficient (Wildman–Crippen LogP) is 4.70. The van der Waals surface area contributed by atoms with E-state index in [-0.39, 0.29) is 24.1 Å². The fraction of sp³-hybridized carbons (Fsp3) is 0.364. The van der Waals surface area contributed by atoms with Crippen LogP contribution in [-0.2, 0) is 16.1 Å². The van der Waals surface area contributed by atoms with Crippen LogP contribution in [-0.4, -0.2) is 35.9 Å². The zero-order valence-electron chi connectivity index (χ0n) is 17.1. The van der Waals surface area contributed by atoms with Crippen LogP contribution in [0.4, 0.5) is 4.39 Å². The molecule has 1 atom stereocenters. The molecule has 0 radical (unpaired) electrons. The van der Waals surface area contributed by atoms with E-state index in [1.165, 1.54) is 23.1 Å². The second-order valence-electron chi connectivity index (χ2n) is 7.29. The summed E-state index contributed by atoms with van der Waals surface area (Å²) in [7, 11) is 0. The van der Waals surface area contributed by atoms with Gasteiger partial charge in [0.2, 0.25) is 5.91 Å². The number of carbonyl (C=O) groups excluding carboxylic acids is 2. The highest BCUT2D eigenvalue weighted by molar-refractivity contribution is 6.35. The van der Waals surface area contributed by atoms with E-state index in [0.717, 1.165) is 0 Å².